The maximum Gasteiger partial charge on any atom is 0.393 e. The van der Waals surface area contributed by atoms with Gasteiger partial charge in [-0.3, -0.25) is 0 Å². The number of rotatable bonds is 2. The Balaban J connectivity index is 2.25. The zero-order valence-electron chi connectivity index (χ0n) is 10.2. The Kier molecular flexibility index (Phi) is 4.03. The van der Waals surface area contributed by atoms with Crippen LogP contribution in [0.5, 0.6) is 5.75 Å². The minimum absolute atomic E-state index is 0.0987. The lowest BCUT2D eigenvalue weighted by atomic mass is 9.97. The van der Waals surface area contributed by atoms with Gasteiger partial charge in [-0.05, 0) is 12.8 Å². The zero-order chi connectivity index (χ0) is 14.0. The van der Waals surface area contributed by atoms with Gasteiger partial charge in [0.15, 0.2) is 16.7 Å². The largest absolute Gasteiger partial charge is 0.490 e. The fourth-order valence-corrected chi connectivity index (χ4v) is 2.39. The van der Waals surface area contributed by atoms with Crippen LogP contribution in [0.4, 0.5) is 19.0 Å². The predicted octanol–water partition coefficient (Wildman–Crippen LogP) is 2.92. The van der Waals surface area contributed by atoms with Gasteiger partial charge in [0.05, 0.1) is 13.0 Å². The number of piperidine rings is 1. The Morgan fingerprint density at radius 2 is 2.16 bits per heavy atom. The molecule has 1 saturated heterocycles. The third-order valence-electron chi connectivity index (χ3n) is 3.13. The van der Waals surface area contributed by atoms with Gasteiger partial charge in [0.1, 0.15) is 6.33 Å². The molecule has 0 radical (unpaired) electrons. The lowest BCUT2D eigenvalue weighted by molar-refractivity contribution is -0.176. The van der Waals surface area contributed by atoms with Crippen molar-refractivity contribution in [2.24, 2.45) is 5.92 Å². The van der Waals surface area contributed by atoms with Gasteiger partial charge in [0.2, 0.25) is 0 Å². The van der Waals surface area contributed by atoms with Crippen molar-refractivity contribution < 1.29 is 17.9 Å². The van der Waals surface area contributed by atoms with Crippen LogP contribution in [0.2, 0.25) is 5.15 Å². The maximum atomic E-state index is 12.8. The highest BCUT2D eigenvalue weighted by Gasteiger charge is 2.42. The van der Waals surface area contributed by atoms with Gasteiger partial charge in [-0.1, -0.05) is 11.6 Å². The number of halogens is 4. The molecule has 2 heterocycles. The van der Waals surface area contributed by atoms with E-state index in [9.17, 15) is 13.2 Å². The number of methoxy groups -OCH3 is 1. The molecule has 106 valence electrons. The summed E-state index contributed by atoms with van der Waals surface area (Å²) in [4.78, 5) is 9.29. The Morgan fingerprint density at radius 1 is 1.42 bits per heavy atom. The number of hydrogen-bond acceptors (Lipinski definition) is 4. The van der Waals surface area contributed by atoms with E-state index in [1.165, 1.54) is 13.4 Å². The summed E-state index contributed by atoms with van der Waals surface area (Å²) in [5, 5.41) is 0.0987. The predicted molar refractivity (Wildman–Crippen MR) is 64.6 cm³/mol. The van der Waals surface area contributed by atoms with E-state index >= 15 is 0 Å². The van der Waals surface area contributed by atoms with Crippen LogP contribution in [0, 0.1) is 5.92 Å². The Labute approximate surface area is 113 Å². The van der Waals surface area contributed by atoms with E-state index in [0.717, 1.165) is 0 Å². The van der Waals surface area contributed by atoms with Crippen LogP contribution in [0.15, 0.2) is 6.33 Å². The maximum absolute atomic E-state index is 12.8. The molecule has 1 atom stereocenters. The van der Waals surface area contributed by atoms with E-state index in [-0.39, 0.29) is 23.9 Å². The standard InChI is InChI=1S/C11H13ClF3N3O/c1-19-8-9(12)16-6-17-10(8)18-4-2-3-7(5-18)11(13,14)15/h6-7H,2-5H2,1H3. The Hall–Kier alpha value is -1.24. The van der Waals surface area contributed by atoms with Crippen LogP contribution in [0.3, 0.4) is 0 Å². The van der Waals surface area contributed by atoms with Gasteiger partial charge >= 0.3 is 6.18 Å². The SMILES string of the molecule is COc1c(Cl)ncnc1N1CCCC(C(F)(F)F)C1. The molecule has 0 aromatic carbocycles. The average Bonchev–Trinajstić information content (AvgIpc) is 2.37. The van der Waals surface area contributed by atoms with E-state index in [2.05, 4.69) is 9.97 Å². The first kappa shape index (κ1) is 14.2. The van der Waals surface area contributed by atoms with Gasteiger partial charge in [-0.25, -0.2) is 9.97 Å². The van der Waals surface area contributed by atoms with Crippen molar-refractivity contribution in [3.63, 3.8) is 0 Å². The van der Waals surface area contributed by atoms with E-state index in [0.29, 0.717) is 18.8 Å². The summed E-state index contributed by atoms with van der Waals surface area (Å²) in [5.41, 5.74) is 0. The topological polar surface area (TPSA) is 38.3 Å². The second-order valence-electron chi connectivity index (χ2n) is 4.35. The van der Waals surface area contributed by atoms with E-state index < -0.39 is 12.1 Å². The highest BCUT2D eigenvalue weighted by molar-refractivity contribution is 6.31. The van der Waals surface area contributed by atoms with Crippen molar-refractivity contribution in [1.82, 2.24) is 9.97 Å². The molecule has 4 nitrogen and oxygen atoms in total. The van der Waals surface area contributed by atoms with Crippen molar-refractivity contribution in [3.05, 3.63) is 11.5 Å². The molecule has 0 aliphatic carbocycles. The van der Waals surface area contributed by atoms with Crippen LogP contribution >= 0.6 is 11.6 Å². The van der Waals surface area contributed by atoms with Crippen LogP contribution in [0.1, 0.15) is 12.8 Å². The average molecular weight is 296 g/mol. The minimum Gasteiger partial charge on any atom is -0.490 e. The third kappa shape index (κ3) is 3.02. The molecule has 1 unspecified atom stereocenters. The van der Waals surface area contributed by atoms with Crippen molar-refractivity contribution in [2.45, 2.75) is 19.0 Å². The van der Waals surface area contributed by atoms with Crippen molar-refractivity contribution in [2.75, 3.05) is 25.1 Å². The summed E-state index contributed by atoms with van der Waals surface area (Å²) in [5.74, 6) is -0.817. The quantitative estimate of drug-likeness (QED) is 0.786. The summed E-state index contributed by atoms with van der Waals surface area (Å²) in [7, 11) is 1.39. The number of hydrogen-bond donors (Lipinski definition) is 0. The molecule has 2 rings (SSSR count). The van der Waals surface area contributed by atoms with Gasteiger partial charge in [0.25, 0.3) is 0 Å². The molecule has 0 saturated carbocycles. The molecule has 19 heavy (non-hydrogen) atoms. The first-order valence-corrected chi connectivity index (χ1v) is 6.17. The fourth-order valence-electron chi connectivity index (χ4n) is 2.18. The number of ether oxygens (including phenoxy) is 1. The van der Waals surface area contributed by atoms with Gasteiger partial charge in [-0.15, -0.1) is 0 Å². The van der Waals surface area contributed by atoms with Crippen molar-refractivity contribution in [3.8, 4) is 5.75 Å². The lowest BCUT2D eigenvalue weighted by Crippen LogP contribution is -2.42. The molecule has 1 aromatic heterocycles. The van der Waals surface area contributed by atoms with Crippen molar-refractivity contribution >= 4 is 17.4 Å². The second-order valence-corrected chi connectivity index (χ2v) is 4.71. The molecule has 1 aromatic rings. The number of aromatic nitrogens is 2. The summed E-state index contributed by atoms with van der Waals surface area (Å²) < 4.78 is 43.4. The Bertz CT molecular complexity index is 455. The first-order valence-electron chi connectivity index (χ1n) is 5.79. The molecular weight excluding hydrogens is 283 g/mol. The molecule has 0 amide bonds. The van der Waals surface area contributed by atoms with E-state index in [1.54, 1.807) is 4.90 Å². The molecule has 0 N–H and O–H groups in total. The number of alkyl halides is 3. The molecule has 1 aliphatic rings. The van der Waals surface area contributed by atoms with Crippen LogP contribution in [-0.2, 0) is 0 Å². The summed E-state index contributed by atoms with van der Waals surface area (Å²) >= 11 is 5.85. The number of anilines is 1. The first-order chi connectivity index (χ1) is 8.93. The molecule has 1 aliphatic heterocycles. The second kappa shape index (κ2) is 5.40. The zero-order valence-corrected chi connectivity index (χ0v) is 11.0. The summed E-state index contributed by atoms with van der Waals surface area (Å²) in [6.07, 6.45) is -2.38. The van der Waals surface area contributed by atoms with Crippen LogP contribution in [0.25, 0.3) is 0 Å². The summed E-state index contributed by atoms with van der Waals surface area (Å²) in [6, 6.07) is 0. The fraction of sp³-hybridized carbons (Fsp3) is 0.636. The third-order valence-corrected chi connectivity index (χ3v) is 3.40. The van der Waals surface area contributed by atoms with Crippen LogP contribution in [-0.4, -0.2) is 36.3 Å². The van der Waals surface area contributed by atoms with Crippen molar-refractivity contribution in [1.29, 1.82) is 0 Å². The Morgan fingerprint density at radius 3 is 2.79 bits per heavy atom. The smallest absolute Gasteiger partial charge is 0.393 e. The molecule has 0 spiro atoms. The van der Waals surface area contributed by atoms with Gasteiger partial charge < -0.3 is 9.64 Å². The molecular formula is C11H13ClF3N3O. The minimum atomic E-state index is -4.19. The number of nitrogens with zero attached hydrogens (tertiary/aromatic N) is 3. The van der Waals surface area contributed by atoms with E-state index in [1.807, 2.05) is 0 Å². The summed E-state index contributed by atoms with van der Waals surface area (Å²) in [6.45, 7) is 0.365. The molecule has 0 bridgehead atoms. The van der Waals surface area contributed by atoms with Gasteiger partial charge in [-0.2, -0.15) is 13.2 Å². The van der Waals surface area contributed by atoms with E-state index in [4.69, 9.17) is 16.3 Å². The highest BCUT2D eigenvalue weighted by Crippen LogP contribution is 2.38. The lowest BCUT2D eigenvalue weighted by Gasteiger charge is -2.34. The molecule has 1 fully saturated rings. The molecule has 8 heteroatoms. The van der Waals surface area contributed by atoms with Crippen LogP contribution < -0.4 is 9.64 Å². The highest BCUT2D eigenvalue weighted by atomic mass is 35.5. The monoisotopic (exact) mass is 295 g/mol. The van der Waals surface area contributed by atoms with Gasteiger partial charge in [0, 0.05) is 13.1 Å². The normalized spacial score (nSPS) is 20.5.